The summed E-state index contributed by atoms with van der Waals surface area (Å²) in [5.41, 5.74) is 1.20. The smallest absolute Gasteiger partial charge is 0.0749 e. The van der Waals surface area contributed by atoms with Crippen LogP contribution in [0.3, 0.4) is 0 Å². The molecule has 0 saturated heterocycles. The molecule has 0 fully saturated rings. The van der Waals surface area contributed by atoms with Crippen molar-refractivity contribution in [3.8, 4) is 0 Å². The van der Waals surface area contributed by atoms with Crippen molar-refractivity contribution in [3.63, 3.8) is 0 Å². The summed E-state index contributed by atoms with van der Waals surface area (Å²) in [6.45, 7) is 2.12. The Morgan fingerprint density at radius 1 is 1.25 bits per heavy atom. The van der Waals surface area contributed by atoms with Crippen molar-refractivity contribution in [1.82, 2.24) is 0 Å². The lowest BCUT2D eigenvalue weighted by Crippen LogP contribution is -1.90. The highest BCUT2D eigenvalue weighted by Gasteiger charge is 2.15. The molecule has 0 bridgehead atoms. The SMILES string of the molecule is Cc1ccc(C(Br)c2ccc(Cl)cc2Br)s1. The molecule has 4 heteroatoms. The maximum absolute atomic E-state index is 5.93. The predicted molar refractivity (Wildman–Crippen MR) is 79.0 cm³/mol. The van der Waals surface area contributed by atoms with Crippen molar-refractivity contribution in [3.05, 3.63) is 55.1 Å². The highest BCUT2D eigenvalue weighted by Crippen LogP contribution is 2.39. The van der Waals surface area contributed by atoms with Crippen LogP contribution < -0.4 is 0 Å². The van der Waals surface area contributed by atoms with Crippen molar-refractivity contribution >= 4 is 54.8 Å². The van der Waals surface area contributed by atoms with Crippen molar-refractivity contribution in [2.45, 2.75) is 11.8 Å². The van der Waals surface area contributed by atoms with Crippen LogP contribution in [-0.2, 0) is 0 Å². The third-order valence-electron chi connectivity index (χ3n) is 2.25. The van der Waals surface area contributed by atoms with Crippen LogP contribution in [0.2, 0.25) is 5.02 Å². The lowest BCUT2D eigenvalue weighted by molar-refractivity contribution is 1.21. The van der Waals surface area contributed by atoms with Gasteiger partial charge in [0.1, 0.15) is 0 Å². The summed E-state index contributed by atoms with van der Waals surface area (Å²) in [4.78, 5) is 2.85. The van der Waals surface area contributed by atoms with Crippen molar-refractivity contribution in [2.24, 2.45) is 0 Å². The Hall–Kier alpha value is 0.170. The minimum atomic E-state index is 0.220. The number of hydrogen-bond acceptors (Lipinski definition) is 1. The molecule has 0 aliphatic rings. The monoisotopic (exact) mass is 378 g/mol. The minimum Gasteiger partial charge on any atom is -0.144 e. The van der Waals surface area contributed by atoms with Gasteiger partial charge in [0, 0.05) is 19.2 Å². The molecule has 2 rings (SSSR count). The van der Waals surface area contributed by atoms with E-state index in [4.69, 9.17) is 11.6 Å². The Balaban J connectivity index is 2.37. The number of aryl methyl sites for hydroxylation is 1. The van der Waals surface area contributed by atoms with Gasteiger partial charge in [-0.25, -0.2) is 0 Å². The van der Waals surface area contributed by atoms with Crippen LogP contribution in [0.1, 0.15) is 20.1 Å². The minimum absolute atomic E-state index is 0.220. The molecule has 0 saturated carbocycles. The fraction of sp³-hybridized carbons (Fsp3) is 0.167. The Bertz CT molecular complexity index is 507. The summed E-state index contributed by atoms with van der Waals surface area (Å²) in [5.74, 6) is 0. The molecular formula is C12H9Br2ClS. The molecule has 1 atom stereocenters. The van der Waals surface area contributed by atoms with Gasteiger partial charge < -0.3 is 0 Å². The molecule has 0 radical (unpaired) electrons. The maximum Gasteiger partial charge on any atom is 0.0749 e. The molecule has 0 spiro atoms. The van der Waals surface area contributed by atoms with Crippen molar-refractivity contribution in [1.29, 1.82) is 0 Å². The zero-order valence-electron chi connectivity index (χ0n) is 8.51. The fourth-order valence-corrected chi connectivity index (χ4v) is 4.38. The van der Waals surface area contributed by atoms with Crippen LogP contribution in [0, 0.1) is 6.92 Å². The van der Waals surface area contributed by atoms with E-state index in [1.807, 2.05) is 18.2 Å². The summed E-state index contributed by atoms with van der Waals surface area (Å²) >= 11 is 15.0. The Kier molecular flexibility index (Phi) is 4.11. The zero-order chi connectivity index (χ0) is 11.7. The second kappa shape index (κ2) is 5.21. The van der Waals surface area contributed by atoms with Crippen LogP contribution in [0.15, 0.2) is 34.8 Å². The lowest BCUT2D eigenvalue weighted by Gasteiger charge is -2.10. The molecule has 1 aromatic carbocycles. The molecular weight excluding hydrogens is 371 g/mol. The summed E-state index contributed by atoms with van der Waals surface area (Å²) in [5, 5.41) is 0.748. The third-order valence-corrected chi connectivity index (χ3v) is 5.52. The average Bonchev–Trinajstić information content (AvgIpc) is 2.64. The van der Waals surface area contributed by atoms with Gasteiger partial charge in [-0.15, -0.1) is 11.3 Å². The fourth-order valence-electron chi connectivity index (χ4n) is 1.45. The van der Waals surface area contributed by atoms with Gasteiger partial charge >= 0.3 is 0 Å². The number of thiophene rings is 1. The van der Waals surface area contributed by atoms with E-state index < -0.39 is 0 Å². The molecule has 16 heavy (non-hydrogen) atoms. The molecule has 0 amide bonds. The quantitative estimate of drug-likeness (QED) is 0.564. The van der Waals surface area contributed by atoms with E-state index in [2.05, 4.69) is 50.9 Å². The second-order valence-corrected chi connectivity index (χ2v) is 7.00. The Morgan fingerprint density at radius 2 is 2.00 bits per heavy atom. The topological polar surface area (TPSA) is 0 Å². The molecule has 0 N–H and O–H groups in total. The summed E-state index contributed by atoms with van der Waals surface area (Å²) in [7, 11) is 0. The molecule has 0 aliphatic heterocycles. The van der Waals surface area contributed by atoms with Crippen LogP contribution >= 0.6 is 54.8 Å². The van der Waals surface area contributed by atoms with Gasteiger partial charge in [-0.1, -0.05) is 49.5 Å². The largest absolute Gasteiger partial charge is 0.144 e. The van der Waals surface area contributed by atoms with E-state index in [9.17, 15) is 0 Å². The van der Waals surface area contributed by atoms with E-state index in [-0.39, 0.29) is 4.83 Å². The normalized spacial score (nSPS) is 12.8. The first-order valence-electron chi connectivity index (χ1n) is 4.73. The second-order valence-electron chi connectivity index (χ2n) is 3.48. The lowest BCUT2D eigenvalue weighted by atomic mass is 10.1. The molecule has 1 heterocycles. The van der Waals surface area contributed by atoms with E-state index in [1.54, 1.807) is 11.3 Å². The molecule has 2 aromatic rings. The number of halogens is 3. The first-order chi connectivity index (χ1) is 7.58. The molecule has 1 aromatic heterocycles. The van der Waals surface area contributed by atoms with Gasteiger partial charge in [0.05, 0.1) is 4.83 Å². The van der Waals surface area contributed by atoms with E-state index >= 15 is 0 Å². The molecule has 0 nitrogen and oxygen atoms in total. The summed E-state index contributed by atoms with van der Waals surface area (Å²) in [6, 6.07) is 10.2. The summed E-state index contributed by atoms with van der Waals surface area (Å²) in [6.07, 6.45) is 0. The highest BCUT2D eigenvalue weighted by atomic mass is 79.9. The van der Waals surface area contributed by atoms with Gasteiger partial charge in [0.2, 0.25) is 0 Å². The number of rotatable bonds is 2. The van der Waals surface area contributed by atoms with E-state index in [1.165, 1.54) is 15.3 Å². The Labute approximate surface area is 121 Å². The van der Waals surface area contributed by atoms with Crippen LogP contribution in [0.5, 0.6) is 0 Å². The first-order valence-corrected chi connectivity index (χ1v) is 7.63. The third kappa shape index (κ3) is 2.70. The van der Waals surface area contributed by atoms with E-state index in [0.29, 0.717) is 0 Å². The van der Waals surface area contributed by atoms with Gasteiger partial charge in [-0.05, 0) is 36.8 Å². The summed E-state index contributed by atoms with van der Waals surface area (Å²) < 4.78 is 1.04. The maximum atomic E-state index is 5.93. The number of benzene rings is 1. The van der Waals surface area contributed by atoms with Gasteiger partial charge in [0.25, 0.3) is 0 Å². The number of hydrogen-bond donors (Lipinski definition) is 0. The molecule has 0 aliphatic carbocycles. The average molecular weight is 381 g/mol. The highest BCUT2D eigenvalue weighted by molar-refractivity contribution is 9.11. The zero-order valence-corrected chi connectivity index (χ0v) is 13.3. The van der Waals surface area contributed by atoms with Crippen molar-refractivity contribution < 1.29 is 0 Å². The standard InChI is InChI=1S/C12H9Br2ClS/c1-7-2-5-11(16-7)12(14)9-4-3-8(15)6-10(9)13/h2-6,12H,1H3. The van der Waals surface area contributed by atoms with Gasteiger partial charge in [-0.2, -0.15) is 0 Å². The van der Waals surface area contributed by atoms with Gasteiger partial charge in [0.15, 0.2) is 0 Å². The number of alkyl halides is 1. The molecule has 84 valence electrons. The van der Waals surface area contributed by atoms with Gasteiger partial charge in [-0.3, -0.25) is 0 Å². The van der Waals surface area contributed by atoms with Crippen molar-refractivity contribution in [2.75, 3.05) is 0 Å². The Morgan fingerprint density at radius 3 is 2.56 bits per heavy atom. The van der Waals surface area contributed by atoms with Crippen LogP contribution in [0.4, 0.5) is 0 Å². The molecule has 1 unspecified atom stereocenters. The predicted octanol–water partition coefficient (Wildman–Crippen LogP) is 5.96. The van der Waals surface area contributed by atoms with Crippen LogP contribution in [-0.4, -0.2) is 0 Å². The van der Waals surface area contributed by atoms with E-state index in [0.717, 1.165) is 9.50 Å². The van der Waals surface area contributed by atoms with Crippen LogP contribution in [0.25, 0.3) is 0 Å². The first kappa shape index (κ1) is 12.6.